The Bertz CT molecular complexity index is 729. The SMILES string of the molecule is CCCNc1cn2ccnc2c(NCc2nncn2C)n1. The van der Waals surface area contributed by atoms with Crippen molar-refractivity contribution in [3.63, 3.8) is 0 Å². The van der Waals surface area contributed by atoms with Gasteiger partial charge in [-0.3, -0.25) is 0 Å². The van der Waals surface area contributed by atoms with Gasteiger partial charge in [-0.05, 0) is 6.42 Å². The lowest BCUT2D eigenvalue weighted by Crippen LogP contribution is -2.10. The van der Waals surface area contributed by atoms with Crippen molar-refractivity contribution >= 4 is 17.3 Å². The largest absolute Gasteiger partial charge is 0.369 e. The summed E-state index contributed by atoms with van der Waals surface area (Å²) < 4.78 is 3.82. The molecule has 0 atom stereocenters. The van der Waals surface area contributed by atoms with Crippen LogP contribution in [0.15, 0.2) is 24.9 Å². The number of hydrogen-bond donors (Lipinski definition) is 2. The fourth-order valence-electron chi connectivity index (χ4n) is 2.02. The van der Waals surface area contributed by atoms with Crippen LogP contribution in [0, 0.1) is 0 Å². The van der Waals surface area contributed by atoms with Crippen LogP contribution in [0.4, 0.5) is 11.6 Å². The van der Waals surface area contributed by atoms with Gasteiger partial charge >= 0.3 is 0 Å². The van der Waals surface area contributed by atoms with Crippen molar-refractivity contribution < 1.29 is 0 Å². The minimum absolute atomic E-state index is 0.545. The lowest BCUT2D eigenvalue weighted by molar-refractivity contribution is 0.810. The number of fused-ring (bicyclic) bond motifs is 1. The molecule has 110 valence electrons. The molecule has 3 aromatic rings. The van der Waals surface area contributed by atoms with Crippen molar-refractivity contribution in [2.24, 2.45) is 7.05 Å². The Balaban J connectivity index is 1.85. The minimum Gasteiger partial charge on any atom is -0.369 e. The molecule has 3 heterocycles. The molecule has 0 spiro atoms. The first-order valence-corrected chi connectivity index (χ1v) is 6.92. The van der Waals surface area contributed by atoms with Crippen LogP contribution >= 0.6 is 0 Å². The maximum atomic E-state index is 4.58. The van der Waals surface area contributed by atoms with Crippen molar-refractivity contribution in [2.75, 3.05) is 17.2 Å². The Hall–Kier alpha value is -2.64. The Morgan fingerprint density at radius 3 is 2.95 bits per heavy atom. The molecular formula is C13H18N8. The van der Waals surface area contributed by atoms with Crippen molar-refractivity contribution in [2.45, 2.75) is 19.9 Å². The van der Waals surface area contributed by atoms with Crippen LogP contribution in [0.25, 0.3) is 5.65 Å². The van der Waals surface area contributed by atoms with E-state index in [0.29, 0.717) is 6.54 Å². The summed E-state index contributed by atoms with van der Waals surface area (Å²) in [4.78, 5) is 8.91. The molecule has 3 rings (SSSR count). The van der Waals surface area contributed by atoms with Gasteiger partial charge < -0.3 is 19.6 Å². The highest BCUT2D eigenvalue weighted by Crippen LogP contribution is 2.17. The molecule has 0 saturated carbocycles. The molecule has 0 unspecified atom stereocenters. The van der Waals surface area contributed by atoms with Gasteiger partial charge in [-0.1, -0.05) is 6.92 Å². The summed E-state index contributed by atoms with van der Waals surface area (Å²) in [7, 11) is 1.91. The number of anilines is 2. The first kappa shape index (κ1) is 13.3. The highest BCUT2D eigenvalue weighted by molar-refractivity contribution is 5.65. The zero-order valence-electron chi connectivity index (χ0n) is 12.1. The lowest BCUT2D eigenvalue weighted by Gasteiger charge is -2.10. The number of nitrogens with one attached hydrogen (secondary N) is 2. The molecule has 0 saturated heterocycles. The Kier molecular flexibility index (Phi) is 3.67. The predicted octanol–water partition coefficient (Wildman–Crippen LogP) is 1.29. The second kappa shape index (κ2) is 5.78. The molecule has 0 aromatic carbocycles. The van der Waals surface area contributed by atoms with E-state index in [1.54, 1.807) is 12.5 Å². The van der Waals surface area contributed by atoms with E-state index in [1.165, 1.54) is 0 Å². The summed E-state index contributed by atoms with van der Waals surface area (Å²) in [5.41, 5.74) is 0.791. The third-order valence-electron chi connectivity index (χ3n) is 3.15. The van der Waals surface area contributed by atoms with Crippen molar-refractivity contribution in [1.29, 1.82) is 0 Å². The Morgan fingerprint density at radius 2 is 2.19 bits per heavy atom. The van der Waals surface area contributed by atoms with E-state index in [4.69, 9.17) is 0 Å². The summed E-state index contributed by atoms with van der Waals surface area (Å²) in [6.07, 6.45) is 8.32. The fourth-order valence-corrected chi connectivity index (χ4v) is 2.02. The molecule has 0 radical (unpaired) electrons. The van der Waals surface area contributed by atoms with Crippen LogP contribution in [0.3, 0.4) is 0 Å². The van der Waals surface area contributed by atoms with E-state index < -0.39 is 0 Å². The molecule has 8 heteroatoms. The van der Waals surface area contributed by atoms with Gasteiger partial charge in [-0.15, -0.1) is 10.2 Å². The van der Waals surface area contributed by atoms with E-state index in [-0.39, 0.29) is 0 Å². The molecule has 8 nitrogen and oxygen atoms in total. The average molecular weight is 286 g/mol. The third kappa shape index (κ3) is 2.78. The zero-order chi connectivity index (χ0) is 14.7. The average Bonchev–Trinajstić information content (AvgIpc) is 3.11. The lowest BCUT2D eigenvalue weighted by atomic mass is 10.4. The van der Waals surface area contributed by atoms with Crippen LogP contribution < -0.4 is 10.6 Å². The summed E-state index contributed by atoms with van der Waals surface area (Å²) in [5.74, 6) is 2.39. The van der Waals surface area contributed by atoms with Crippen LogP contribution in [-0.2, 0) is 13.6 Å². The second-order valence-corrected chi connectivity index (χ2v) is 4.77. The number of hydrogen-bond acceptors (Lipinski definition) is 6. The quantitative estimate of drug-likeness (QED) is 0.710. The van der Waals surface area contributed by atoms with E-state index in [0.717, 1.165) is 36.1 Å². The number of aromatic nitrogens is 6. The van der Waals surface area contributed by atoms with Crippen LogP contribution in [-0.4, -0.2) is 35.7 Å². The van der Waals surface area contributed by atoms with Crippen molar-refractivity contribution in [3.8, 4) is 0 Å². The predicted molar refractivity (Wildman–Crippen MR) is 80.1 cm³/mol. The van der Waals surface area contributed by atoms with Gasteiger partial charge in [0.2, 0.25) is 0 Å². The van der Waals surface area contributed by atoms with Crippen LogP contribution in [0.1, 0.15) is 19.2 Å². The van der Waals surface area contributed by atoms with Gasteiger partial charge in [0.1, 0.15) is 12.1 Å². The summed E-state index contributed by atoms with van der Waals surface area (Å²) in [6, 6.07) is 0. The highest BCUT2D eigenvalue weighted by atomic mass is 15.3. The van der Waals surface area contributed by atoms with E-state index in [2.05, 4.69) is 37.7 Å². The number of nitrogens with zero attached hydrogens (tertiary/aromatic N) is 6. The number of imidazole rings is 1. The highest BCUT2D eigenvalue weighted by Gasteiger charge is 2.08. The molecular weight excluding hydrogens is 268 g/mol. The van der Waals surface area contributed by atoms with E-state index in [9.17, 15) is 0 Å². The maximum absolute atomic E-state index is 4.58. The molecule has 0 bridgehead atoms. The van der Waals surface area contributed by atoms with Gasteiger partial charge in [-0.25, -0.2) is 9.97 Å². The van der Waals surface area contributed by atoms with Gasteiger partial charge in [0, 0.05) is 26.0 Å². The van der Waals surface area contributed by atoms with E-state index in [1.807, 2.05) is 28.4 Å². The van der Waals surface area contributed by atoms with Crippen molar-refractivity contribution in [1.82, 2.24) is 29.1 Å². The zero-order valence-corrected chi connectivity index (χ0v) is 12.1. The molecule has 0 aliphatic rings. The summed E-state index contributed by atoms with van der Waals surface area (Å²) >= 11 is 0. The molecule has 0 fully saturated rings. The smallest absolute Gasteiger partial charge is 0.180 e. The molecule has 0 amide bonds. The minimum atomic E-state index is 0.545. The topological polar surface area (TPSA) is 85.0 Å². The molecule has 0 aliphatic carbocycles. The normalized spacial score (nSPS) is 11.0. The Labute approximate surface area is 122 Å². The number of aryl methyl sites for hydroxylation is 1. The second-order valence-electron chi connectivity index (χ2n) is 4.77. The molecule has 0 aliphatic heterocycles. The summed E-state index contributed by atoms with van der Waals surface area (Å²) in [5, 5.41) is 14.5. The van der Waals surface area contributed by atoms with E-state index >= 15 is 0 Å². The van der Waals surface area contributed by atoms with Gasteiger partial charge in [0.15, 0.2) is 17.3 Å². The molecule has 3 aromatic heterocycles. The Morgan fingerprint density at radius 1 is 1.29 bits per heavy atom. The van der Waals surface area contributed by atoms with Gasteiger partial charge in [-0.2, -0.15) is 0 Å². The first-order valence-electron chi connectivity index (χ1n) is 6.92. The van der Waals surface area contributed by atoms with Crippen LogP contribution in [0.5, 0.6) is 0 Å². The van der Waals surface area contributed by atoms with Gasteiger partial charge in [0.05, 0.1) is 12.7 Å². The molecule has 2 N–H and O–H groups in total. The monoisotopic (exact) mass is 286 g/mol. The molecule has 21 heavy (non-hydrogen) atoms. The first-order chi connectivity index (χ1) is 10.3. The standard InChI is InChI=1S/C13H18N8/c1-3-4-14-10-8-21-6-5-15-13(21)12(18-10)16-7-11-19-17-9-20(11)2/h5-6,8-9,14H,3-4,7H2,1-2H3,(H,16,18). The maximum Gasteiger partial charge on any atom is 0.180 e. The fraction of sp³-hybridized carbons (Fsp3) is 0.385. The summed E-state index contributed by atoms with van der Waals surface area (Å²) in [6.45, 7) is 3.55. The third-order valence-corrected chi connectivity index (χ3v) is 3.15. The number of rotatable bonds is 6. The van der Waals surface area contributed by atoms with Crippen LogP contribution in [0.2, 0.25) is 0 Å². The van der Waals surface area contributed by atoms with Crippen molar-refractivity contribution in [3.05, 3.63) is 30.7 Å². The van der Waals surface area contributed by atoms with Gasteiger partial charge in [0.25, 0.3) is 0 Å².